The normalized spacial score (nSPS) is 13.8. The second-order valence-electron chi connectivity index (χ2n) is 3.64. The number of hydrogen-bond acceptors (Lipinski definition) is 3. The van der Waals surface area contributed by atoms with E-state index in [1.54, 1.807) is 0 Å². The summed E-state index contributed by atoms with van der Waals surface area (Å²) in [7, 11) is 0. The molecular weight excluding hydrogens is 253 g/mol. The fourth-order valence-electron chi connectivity index (χ4n) is 1.50. The third kappa shape index (κ3) is 2.17. The van der Waals surface area contributed by atoms with Crippen molar-refractivity contribution < 1.29 is 32.6 Å². The smallest absolute Gasteiger partial charge is 0.416 e. The zero-order valence-corrected chi connectivity index (χ0v) is 8.73. The quantitative estimate of drug-likeness (QED) is 0.870. The van der Waals surface area contributed by atoms with Crippen LogP contribution >= 0.6 is 0 Å². The third-order valence-electron chi connectivity index (χ3n) is 2.37. The van der Waals surface area contributed by atoms with Crippen molar-refractivity contribution in [2.45, 2.75) is 12.3 Å². The maximum absolute atomic E-state index is 12.4. The predicted octanol–water partition coefficient (Wildman–Crippen LogP) is 2.57. The van der Waals surface area contributed by atoms with E-state index in [1.807, 2.05) is 0 Å². The third-order valence-corrected chi connectivity index (χ3v) is 2.37. The van der Waals surface area contributed by atoms with Crippen LogP contribution in [0.1, 0.15) is 17.4 Å². The second-order valence-corrected chi connectivity index (χ2v) is 3.64. The van der Waals surface area contributed by atoms with Crippen molar-refractivity contribution in [1.29, 1.82) is 0 Å². The highest BCUT2D eigenvalue weighted by Crippen LogP contribution is 2.33. The van der Waals surface area contributed by atoms with Gasteiger partial charge in [-0.05, 0) is 24.3 Å². The molecule has 1 heterocycles. The molecule has 0 bridgehead atoms. The molecule has 0 saturated heterocycles. The maximum atomic E-state index is 12.4. The van der Waals surface area contributed by atoms with Gasteiger partial charge >= 0.3 is 12.1 Å². The van der Waals surface area contributed by atoms with Gasteiger partial charge in [-0.2, -0.15) is 13.2 Å². The number of benzene rings is 1. The Morgan fingerprint density at radius 1 is 1.28 bits per heavy atom. The molecule has 2 N–H and O–H groups in total. The lowest BCUT2D eigenvalue weighted by molar-refractivity contribution is -0.147. The maximum Gasteiger partial charge on any atom is 0.416 e. The Labute approximate surface area is 98.2 Å². The fourth-order valence-corrected chi connectivity index (χ4v) is 1.50. The minimum atomic E-state index is -4.49. The molecule has 0 saturated carbocycles. The topological polar surface area (TPSA) is 70.7 Å². The molecule has 4 nitrogen and oxygen atoms in total. The molecule has 0 radical (unpaired) electrons. The summed E-state index contributed by atoms with van der Waals surface area (Å²) < 4.78 is 42.3. The van der Waals surface area contributed by atoms with Gasteiger partial charge in [0, 0.05) is 5.39 Å². The summed E-state index contributed by atoms with van der Waals surface area (Å²) in [5.41, 5.74) is -0.787. The molecule has 0 amide bonds. The average molecular weight is 260 g/mol. The largest absolute Gasteiger partial charge is 0.479 e. The molecule has 0 spiro atoms. The summed E-state index contributed by atoms with van der Waals surface area (Å²) in [5, 5.41) is 17.9. The average Bonchev–Trinajstić information content (AvgIpc) is 2.68. The predicted molar refractivity (Wildman–Crippen MR) is 53.8 cm³/mol. The van der Waals surface area contributed by atoms with Gasteiger partial charge in [-0.15, -0.1) is 0 Å². The molecule has 1 aromatic heterocycles. The zero-order valence-electron chi connectivity index (χ0n) is 8.73. The number of alkyl halides is 3. The van der Waals surface area contributed by atoms with Crippen LogP contribution in [-0.2, 0) is 11.0 Å². The van der Waals surface area contributed by atoms with Crippen LogP contribution in [0.5, 0.6) is 0 Å². The minimum absolute atomic E-state index is 0.0818. The van der Waals surface area contributed by atoms with Gasteiger partial charge in [-0.1, -0.05) is 0 Å². The van der Waals surface area contributed by atoms with Crippen LogP contribution in [0.3, 0.4) is 0 Å². The number of aliphatic carboxylic acids is 1. The molecule has 2 aromatic rings. The number of halogens is 3. The summed E-state index contributed by atoms with van der Waals surface area (Å²) in [6.45, 7) is 0. The van der Waals surface area contributed by atoms with Crippen LogP contribution in [-0.4, -0.2) is 16.2 Å². The lowest BCUT2D eigenvalue weighted by Gasteiger charge is -2.04. The summed E-state index contributed by atoms with van der Waals surface area (Å²) in [5.74, 6) is -1.85. The Kier molecular flexibility index (Phi) is 2.78. The highest BCUT2D eigenvalue weighted by molar-refractivity contribution is 5.81. The number of carboxylic acid groups (broad SMARTS) is 1. The van der Waals surface area contributed by atoms with Crippen molar-refractivity contribution >= 4 is 16.9 Å². The molecule has 0 aliphatic rings. The molecule has 2 rings (SSSR count). The molecule has 18 heavy (non-hydrogen) atoms. The second kappa shape index (κ2) is 4.02. The van der Waals surface area contributed by atoms with Gasteiger partial charge in [0.1, 0.15) is 11.3 Å². The number of rotatable bonds is 2. The first kappa shape index (κ1) is 12.4. The summed E-state index contributed by atoms with van der Waals surface area (Å²) in [6.07, 6.45) is -6.39. The lowest BCUT2D eigenvalue weighted by atomic mass is 10.1. The molecule has 0 fully saturated rings. The van der Waals surface area contributed by atoms with Gasteiger partial charge < -0.3 is 14.6 Å². The molecular formula is C11H7F3O4. The lowest BCUT2D eigenvalue weighted by Crippen LogP contribution is -2.09. The van der Waals surface area contributed by atoms with E-state index in [0.29, 0.717) is 0 Å². The van der Waals surface area contributed by atoms with Crippen molar-refractivity contribution in [1.82, 2.24) is 0 Å². The van der Waals surface area contributed by atoms with Crippen LogP contribution in [0.25, 0.3) is 11.0 Å². The van der Waals surface area contributed by atoms with E-state index in [1.165, 1.54) is 0 Å². The number of aliphatic hydroxyl groups is 1. The molecule has 1 unspecified atom stereocenters. The van der Waals surface area contributed by atoms with Gasteiger partial charge in [-0.25, -0.2) is 4.79 Å². The van der Waals surface area contributed by atoms with Crippen LogP contribution in [0.2, 0.25) is 0 Å². The Hall–Kier alpha value is -2.02. The number of hydrogen-bond donors (Lipinski definition) is 2. The first-order valence-electron chi connectivity index (χ1n) is 4.80. The summed E-state index contributed by atoms with van der Waals surface area (Å²) in [6, 6.07) is 3.80. The summed E-state index contributed by atoms with van der Waals surface area (Å²) >= 11 is 0. The van der Waals surface area contributed by atoms with Crippen LogP contribution < -0.4 is 0 Å². The minimum Gasteiger partial charge on any atom is -0.479 e. The number of carboxylic acids is 1. The van der Waals surface area contributed by atoms with Gasteiger partial charge in [0.2, 0.25) is 6.10 Å². The Morgan fingerprint density at radius 3 is 2.50 bits per heavy atom. The van der Waals surface area contributed by atoms with E-state index in [4.69, 9.17) is 9.52 Å². The first-order chi connectivity index (χ1) is 8.29. The van der Waals surface area contributed by atoms with Crippen LogP contribution in [0, 0.1) is 0 Å². The number of fused-ring (bicyclic) bond motifs is 1. The van der Waals surface area contributed by atoms with Crippen LogP contribution in [0.15, 0.2) is 28.7 Å². The Morgan fingerprint density at radius 2 is 1.94 bits per heavy atom. The molecule has 96 valence electrons. The Bertz CT molecular complexity index is 600. The molecule has 1 aromatic carbocycles. The first-order valence-corrected chi connectivity index (χ1v) is 4.80. The van der Waals surface area contributed by atoms with Crippen LogP contribution in [0.4, 0.5) is 13.2 Å². The van der Waals surface area contributed by atoms with Crippen molar-refractivity contribution in [3.8, 4) is 0 Å². The molecule has 0 aliphatic carbocycles. The van der Waals surface area contributed by atoms with E-state index in [2.05, 4.69) is 0 Å². The fraction of sp³-hybridized carbons (Fsp3) is 0.182. The zero-order chi connectivity index (χ0) is 13.5. The van der Waals surface area contributed by atoms with Gasteiger partial charge in [-0.3, -0.25) is 0 Å². The Balaban J connectivity index is 2.49. The highest BCUT2D eigenvalue weighted by Gasteiger charge is 2.31. The summed E-state index contributed by atoms with van der Waals surface area (Å²) in [4.78, 5) is 10.5. The number of furan rings is 1. The van der Waals surface area contributed by atoms with Gasteiger partial charge in [0.05, 0.1) is 5.56 Å². The van der Waals surface area contributed by atoms with E-state index >= 15 is 0 Å². The van der Waals surface area contributed by atoms with E-state index < -0.39 is 23.8 Å². The van der Waals surface area contributed by atoms with E-state index in [-0.39, 0.29) is 16.7 Å². The SMILES string of the molecule is O=C(O)C(O)c1cc2cc(C(F)(F)F)ccc2o1. The van der Waals surface area contributed by atoms with E-state index in [0.717, 1.165) is 24.3 Å². The monoisotopic (exact) mass is 260 g/mol. The number of carbonyl (C=O) groups is 1. The van der Waals surface area contributed by atoms with Gasteiger partial charge in [0.25, 0.3) is 0 Å². The molecule has 0 aliphatic heterocycles. The van der Waals surface area contributed by atoms with Crippen molar-refractivity contribution in [2.24, 2.45) is 0 Å². The molecule has 1 atom stereocenters. The van der Waals surface area contributed by atoms with Crippen molar-refractivity contribution in [3.63, 3.8) is 0 Å². The molecule has 7 heteroatoms. The number of aliphatic hydroxyl groups excluding tert-OH is 1. The van der Waals surface area contributed by atoms with E-state index in [9.17, 15) is 23.1 Å². The van der Waals surface area contributed by atoms with Gasteiger partial charge in [0.15, 0.2) is 0 Å². The highest BCUT2D eigenvalue weighted by atomic mass is 19.4. The standard InChI is InChI=1S/C11H7F3O4/c12-11(13,14)6-1-2-7-5(3-6)4-8(18-7)9(15)10(16)17/h1-4,9,15H,(H,16,17). The van der Waals surface area contributed by atoms with Crippen molar-refractivity contribution in [3.05, 3.63) is 35.6 Å². The van der Waals surface area contributed by atoms with Crippen molar-refractivity contribution in [2.75, 3.05) is 0 Å².